The zero-order valence-corrected chi connectivity index (χ0v) is 20.7. The van der Waals surface area contributed by atoms with Crippen LogP contribution in [0.3, 0.4) is 0 Å². The number of ketones is 2. The monoisotopic (exact) mass is 567 g/mol. The number of likely N-dealkylation sites (N-methyl/N-ethyl adjacent to an activating group) is 1. The number of nitrogens with two attached hydrogens (primary N) is 1. The Kier molecular flexibility index (Phi) is 6.22. The molecule has 0 aromatic heterocycles. The van der Waals surface area contributed by atoms with Crippen molar-refractivity contribution in [2.45, 2.75) is 24.5 Å². The van der Waals surface area contributed by atoms with Crippen LogP contribution in [0.1, 0.15) is 17.5 Å². The molecule has 1 saturated carbocycles. The van der Waals surface area contributed by atoms with Crippen molar-refractivity contribution in [3.8, 4) is 5.75 Å². The van der Waals surface area contributed by atoms with E-state index in [2.05, 4.69) is 21.2 Å². The number of aliphatic hydroxyl groups excluding tert-OH is 2. The molecule has 13 heteroatoms. The van der Waals surface area contributed by atoms with Gasteiger partial charge in [0.25, 0.3) is 5.91 Å². The molecule has 1 aromatic rings. The smallest absolute Gasteiger partial charge is 0.255 e. The fraction of sp³-hybridized carbons (Fsp3) is 0.391. The highest BCUT2D eigenvalue weighted by Crippen LogP contribution is 2.53. The number of phenolic OH excluding ortho intramolecular Hbond substituents is 1. The van der Waals surface area contributed by atoms with E-state index in [1.54, 1.807) is 0 Å². The molecular formula is C23H23BrFN3O8. The van der Waals surface area contributed by atoms with Gasteiger partial charge in [-0.3, -0.25) is 24.1 Å². The molecule has 2 unspecified atom stereocenters. The number of phenols is 1. The number of alkyl halides is 1. The third-order valence-corrected chi connectivity index (χ3v) is 7.56. The summed E-state index contributed by atoms with van der Waals surface area (Å²) >= 11 is 2.90. The van der Waals surface area contributed by atoms with Crippen molar-refractivity contribution >= 4 is 50.8 Å². The van der Waals surface area contributed by atoms with E-state index in [9.17, 15) is 44.0 Å². The molecule has 0 heterocycles. The first-order chi connectivity index (χ1) is 16.8. The van der Waals surface area contributed by atoms with Gasteiger partial charge in [-0.25, -0.2) is 4.39 Å². The van der Waals surface area contributed by atoms with Crippen molar-refractivity contribution in [2.75, 3.05) is 24.7 Å². The van der Waals surface area contributed by atoms with E-state index in [0.717, 1.165) is 6.07 Å². The number of nitrogens with one attached hydrogen (secondary N) is 1. The average Bonchev–Trinajstić information content (AvgIpc) is 2.78. The van der Waals surface area contributed by atoms with Gasteiger partial charge in [-0.2, -0.15) is 0 Å². The summed E-state index contributed by atoms with van der Waals surface area (Å²) in [6.45, 7) is 0. The van der Waals surface area contributed by atoms with Gasteiger partial charge in [-0.15, -0.1) is 0 Å². The van der Waals surface area contributed by atoms with E-state index in [1.807, 2.05) is 0 Å². The lowest BCUT2D eigenvalue weighted by Gasteiger charge is -2.50. The average molecular weight is 568 g/mol. The van der Waals surface area contributed by atoms with Crippen LogP contribution >= 0.6 is 15.9 Å². The summed E-state index contributed by atoms with van der Waals surface area (Å²) in [5.41, 5.74) is 0.413. The van der Waals surface area contributed by atoms with Crippen LogP contribution in [0.2, 0.25) is 0 Å². The van der Waals surface area contributed by atoms with Gasteiger partial charge in [-0.1, -0.05) is 15.9 Å². The van der Waals surface area contributed by atoms with E-state index >= 15 is 0 Å². The van der Waals surface area contributed by atoms with Gasteiger partial charge in [0.15, 0.2) is 23.0 Å². The first kappa shape index (κ1) is 25.8. The van der Waals surface area contributed by atoms with E-state index in [0.29, 0.717) is 0 Å². The molecule has 11 nitrogen and oxygen atoms in total. The summed E-state index contributed by atoms with van der Waals surface area (Å²) in [4.78, 5) is 51.8. The van der Waals surface area contributed by atoms with Crippen LogP contribution < -0.4 is 11.1 Å². The minimum absolute atomic E-state index is 0.0638. The second-order valence-electron chi connectivity index (χ2n) is 9.26. The lowest BCUT2D eigenvalue weighted by molar-refractivity contribution is -0.153. The predicted octanol–water partition coefficient (Wildman–Crippen LogP) is 0.436. The summed E-state index contributed by atoms with van der Waals surface area (Å²) in [6.07, 6.45) is -0.179. The molecule has 3 aliphatic rings. The van der Waals surface area contributed by atoms with Gasteiger partial charge in [0, 0.05) is 11.5 Å². The second kappa shape index (κ2) is 8.68. The number of hydrogen-bond donors (Lipinski definition) is 6. The van der Waals surface area contributed by atoms with E-state index < -0.39 is 81.2 Å². The zero-order chi connectivity index (χ0) is 26.9. The molecule has 3 aliphatic carbocycles. The quantitative estimate of drug-likeness (QED) is 0.170. The molecule has 1 fully saturated rings. The molecule has 4 atom stereocenters. The van der Waals surface area contributed by atoms with E-state index in [1.165, 1.54) is 19.0 Å². The van der Waals surface area contributed by atoms with Gasteiger partial charge in [-0.05, 0) is 44.5 Å². The number of primary amides is 1. The van der Waals surface area contributed by atoms with Gasteiger partial charge in [0.1, 0.15) is 22.8 Å². The van der Waals surface area contributed by atoms with Gasteiger partial charge in [0.2, 0.25) is 11.7 Å². The highest BCUT2D eigenvalue weighted by atomic mass is 79.9. The normalized spacial score (nSPS) is 27.6. The second-order valence-corrected chi connectivity index (χ2v) is 9.82. The summed E-state index contributed by atoms with van der Waals surface area (Å²) < 4.78 is 14.8. The zero-order valence-electron chi connectivity index (χ0n) is 19.1. The van der Waals surface area contributed by atoms with Crippen molar-refractivity contribution in [1.29, 1.82) is 0 Å². The molecule has 2 amide bonds. The van der Waals surface area contributed by atoms with Crippen molar-refractivity contribution in [1.82, 2.24) is 4.90 Å². The predicted molar refractivity (Wildman–Crippen MR) is 127 cm³/mol. The van der Waals surface area contributed by atoms with Crippen LogP contribution in [0.15, 0.2) is 23.0 Å². The van der Waals surface area contributed by atoms with Crippen molar-refractivity contribution in [2.24, 2.45) is 17.6 Å². The minimum atomic E-state index is -2.77. The van der Waals surface area contributed by atoms with Gasteiger partial charge in [0.05, 0.1) is 16.9 Å². The molecule has 7 N–H and O–H groups in total. The summed E-state index contributed by atoms with van der Waals surface area (Å²) in [5.74, 6) is -9.90. The number of aromatic hydroxyl groups is 1. The minimum Gasteiger partial charge on any atom is -0.508 e. The number of nitrogens with zero attached hydrogens (tertiary/aromatic N) is 1. The summed E-state index contributed by atoms with van der Waals surface area (Å²) in [7, 11) is 2.98. The summed E-state index contributed by atoms with van der Waals surface area (Å²) in [6, 6.07) is -0.204. The number of Topliss-reactive ketones (excluding diaryl/α,β-unsaturated/α-hetero) is 2. The van der Waals surface area contributed by atoms with Crippen LogP contribution in [-0.4, -0.2) is 79.8 Å². The lowest BCUT2D eigenvalue weighted by Crippen LogP contribution is -2.65. The molecule has 36 heavy (non-hydrogen) atoms. The first-order valence-corrected chi connectivity index (χ1v) is 11.9. The maximum atomic E-state index is 14.8. The van der Waals surface area contributed by atoms with Gasteiger partial charge < -0.3 is 31.5 Å². The highest BCUT2D eigenvalue weighted by molar-refractivity contribution is 9.09. The Morgan fingerprint density at radius 2 is 1.92 bits per heavy atom. The van der Waals surface area contributed by atoms with Crippen LogP contribution in [-0.2, 0) is 25.6 Å². The molecule has 0 spiro atoms. The molecule has 1 aromatic carbocycles. The van der Waals surface area contributed by atoms with Crippen LogP contribution in [0.4, 0.5) is 10.1 Å². The summed E-state index contributed by atoms with van der Waals surface area (Å²) in [5, 5.41) is 46.1. The SMILES string of the molecule is CN(C)[C@@H]1C(=O)C(C(N)=O)=C(O)[C@@]2(O)C(=O)C3=C(O)c4c(cc(F)c(NC(=O)CBr)c4O)CC3CC12. The van der Waals surface area contributed by atoms with Crippen molar-refractivity contribution in [3.05, 3.63) is 39.9 Å². The molecular weight excluding hydrogens is 545 g/mol. The van der Waals surface area contributed by atoms with Crippen LogP contribution in [0.5, 0.6) is 5.75 Å². The van der Waals surface area contributed by atoms with Crippen molar-refractivity contribution < 1.29 is 44.0 Å². The first-order valence-electron chi connectivity index (χ1n) is 10.8. The standard InChI is InChI=1S/C23H23BrFN3O8/c1-28(2)16-9-4-7-3-8-5-10(25)15(27-11(29)6-24)18(31)12(8)17(30)13(7)20(33)23(9,36)21(34)14(19(16)32)22(26)35/h5,7,9,16,30-31,34,36H,3-4,6H2,1-2H3,(H2,26,35)(H,27,29)/t7?,9?,16-,23-/m0/s1. The van der Waals surface area contributed by atoms with E-state index in [4.69, 9.17) is 5.73 Å². The van der Waals surface area contributed by atoms with Crippen LogP contribution in [0, 0.1) is 17.7 Å². The Hall–Kier alpha value is -3.29. The number of carbonyl (C=O) groups is 4. The molecule has 0 saturated heterocycles. The molecule has 0 bridgehead atoms. The van der Waals surface area contributed by atoms with Crippen molar-refractivity contribution in [3.63, 3.8) is 0 Å². The maximum Gasteiger partial charge on any atom is 0.255 e. The third kappa shape index (κ3) is 3.44. The number of anilines is 1. The number of fused-ring (bicyclic) bond motifs is 3. The number of amides is 2. The Morgan fingerprint density at radius 1 is 1.28 bits per heavy atom. The Bertz CT molecular complexity index is 1310. The molecule has 0 radical (unpaired) electrons. The van der Waals surface area contributed by atoms with Crippen LogP contribution in [0.25, 0.3) is 5.76 Å². The topological polar surface area (TPSA) is 190 Å². The fourth-order valence-corrected chi connectivity index (χ4v) is 5.70. The Balaban J connectivity index is 1.94. The Morgan fingerprint density at radius 3 is 2.47 bits per heavy atom. The fourth-order valence-electron chi connectivity index (χ4n) is 5.56. The largest absolute Gasteiger partial charge is 0.508 e. The third-order valence-electron chi connectivity index (χ3n) is 7.05. The maximum absolute atomic E-state index is 14.8. The number of hydrogen-bond acceptors (Lipinski definition) is 9. The molecule has 4 rings (SSSR count). The number of aliphatic hydroxyl groups is 3. The lowest BCUT2D eigenvalue weighted by atomic mass is 9.57. The molecule has 192 valence electrons. The van der Waals surface area contributed by atoms with Gasteiger partial charge >= 0.3 is 0 Å². The number of rotatable bonds is 4. The number of benzene rings is 1. The number of halogens is 2. The van der Waals surface area contributed by atoms with E-state index in [-0.39, 0.29) is 34.9 Å². The Labute approximate surface area is 212 Å². The molecule has 0 aliphatic heterocycles. The highest BCUT2D eigenvalue weighted by Gasteiger charge is 2.64. The number of carbonyl (C=O) groups excluding carboxylic acids is 4.